The van der Waals surface area contributed by atoms with Crippen LogP contribution in [0.5, 0.6) is 0 Å². The predicted molar refractivity (Wildman–Crippen MR) is 116 cm³/mol. The van der Waals surface area contributed by atoms with Crippen LogP contribution in [0.15, 0.2) is 71.9 Å². The fourth-order valence-corrected chi connectivity index (χ4v) is 4.26. The molecule has 3 aromatic carbocycles. The smallest absolute Gasteiger partial charge is 0.303 e. The number of rotatable bonds is 7. The molecule has 4 nitrogen and oxygen atoms in total. The summed E-state index contributed by atoms with van der Waals surface area (Å²) in [6.07, 6.45) is 0.827. The average molecular weight is 399 g/mol. The van der Waals surface area contributed by atoms with Crippen LogP contribution < -0.4 is 0 Å². The van der Waals surface area contributed by atoms with E-state index in [2.05, 4.69) is 53.1 Å². The third-order valence-electron chi connectivity index (χ3n) is 4.59. The van der Waals surface area contributed by atoms with E-state index in [9.17, 15) is 4.79 Å². The van der Waals surface area contributed by atoms with Gasteiger partial charge in [-0.1, -0.05) is 66.4 Å². The van der Waals surface area contributed by atoms with Crippen molar-refractivity contribution in [2.45, 2.75) is 24.5 Å². The monoisotopic (exact) mass is 399 g/mol. The maximum atomic E-state index is 10.8. The summed E-state index contributed by atoms with van der Waals surface area (Å²) in [6.45, 7) is 0.739. The van der Waals surface area contributed by atoms with Crippen molar-refractivity contribution in [1.82, 2.24) is 9.55 Å². The number of hydrogen-bond acceptors (Lipinski definition) is 3. The summed E-state index contributed by atoms with van der Waals surface area (Å²) in [6, 6.07) is 22.9. The minimum Gasteiger partial charge on any atom is -0.481 e. The summed E-state index contributed by atoms with van der Waals surface area (Å²) in [4.78, 5) is 15.5. The van der Waals surface area contributed by atoms with E-state index in [1.807, 2.05) is 18.2 Å². The van der Waals surface area contributed by atoms with Gasteiger partial charge < -0.3 is 9.67 Å². The molecule has 1 N–H and O–H groups in total. The number of aliphatic carboxylic acids is 1. The Morgan fingerprint density at radius 1 is 1.00 bits per heavy atom. The normalized spacial score (nSPS) is 10.9. The Morgan fingerprint density at radius 3 is 2.61 bits per heavy atom. The summed E-state index contributed by atoms with van der Waals surface area (Å²) >= 11 is 1.63. The first kappa shape index (κ1) is 20.9. The van der Waals surface area contributed by atoms with Crippen molar-refractivity contribution >= 4 is 69.1 Å². The first-order chi connectivity index (χ1) is 13.2. The average Bonchev–Trinajstić information content (AvgIpc) is 3.03. The van der Waals surface area contributed by atoms with Crippen molar-refractivity contribution in [1.29, 1.82) is 0 Å². The van der Waals surface area contributed by atoms with Crippen molar-refractivity contribution in [2.24, 2.45) is 0 Å². The van der Waals surface area contributed by atoms with Crippen LogP contribution >= 0.6 is 11.8 Å². The predicted octanol–water partition coefficient (Wildman–Crippen LogP) is 4.81. The molecule has 0 saturated heterocycles. The molecule has 4 aromatic rings. The van der Waals surface area contributed by atoms with Gasteiger partial charge >= 0.3 is 5.97 Å². The molecule has 1 heterocycles. The van der Waals surface area contributed by atoms with Crippen LogP contribution in [0, 0.1) is 0 Å². The number of carboxylic acid groups (broad SMARTS) is 1. The van der Waals surface area contributed by atoms with Crippen molar-refractivity contribution < 1.29 is 9.90 Å². The molecule has 0 bridgehead atoms. The molecule has 0 fully saturated rings. The van der Waals surface area contributed by atoms with Crippen LogP contribution in [0.3, 0.4) is 0 Å². The van der Waals surface area contributed by atoms with E-state index in [1.54, 1.807) is 11.8 Å². The molecule has 28 heavy (non-hydrogen) atoms. The fourth-order valence-electron chi connectivity index (χ4n) is 3.30. The van der Waals surface area contributed by atoms with E-state index < -0.39 is 5.97 Å². The number of nitrogens with zero attached hydrogens (tertiary/aromatic N) is 2. The Bertz CT molecular complexity index is 1100. The first-order valence-corrected chi connectivity index (χ1v) is 9.97. The number of hydrogen-bond donors (Lipinski definition) is 1. The molecule has 4 rings (SSSR count). The topological polar surface area (TPSA) is 55.1 Å². The second-order valence-corrected chi connectivity index (χ2v) is 7.52. The van der Waals surface area contributed by atoms with Gasteiger partial charge in [-0.05, 0) is 34.9 Å². The third-order valence-corrected chi connectivity index (χ3v) is 5.66. The van der Waals surface area contributed by atoms with E-state index >= 15 is 0 Å². The Hall–Kier alpha value is -1.79. The van der Waals surface area contributed by atoms with E-state index in [0.717, 1.165) is 28.5 Å². The van der Waals surface area contributed by atoms with Gasteiger partial charge in [-0.2, -0.15) is 0 Å². The zero-order valence-corrected chi connectivity index (χ0v) is 18.7. The molecule has 1 aromatic heterocycles. The number of benzene rings is 3. The van der Waals surface area contributed by atoms with Crippen LogP contribution in [-0.2, 0) is 11.3 Å². The molecule has 0 aliphatic heterocycles. The number of aromatic nitrogens is 2. The van der Waals surface area contributed by atoms with E-state index in [0.29, 0.717) is 6.42 Å². The third kappa shape index (κ3) is 4.61. The van der Waals surface area contributed by atoms with Crippen molar-refractivity contribution in [3.8, 4) is 0 Å². The van der Waals surface area contributed by atoms with Gasteiger partial charge in [0.2, 0.25) is 0 Å². The maximum absolute atomic E-state index is 10.8. The Kier molecular flexibility index (Phi) is 7.18. The van der Waals surface area contributed by atoms with Gasteiger partial charge in [-0.15, -0.1) is 0 Å². The Labute approximate surface area is 190 Å². The number of thioether (sulfide) groups is 1. The molecule has 0 saturated carbocycles. The Balaban J connectivity index is 0.00000225. The minimum absolute atomic E-state index is 0. The van der Waals surface area contributed by atoms with Gasteiger partial charge in [-0.3, -0.25) is 4.79 Å². The molecule has 6 heteroatoms. The van der Waals surface area contributed by atoms with Gasteiger partial charge in [0.15, 0.2) is 5.16 Å². The van der Waals surface area contributed by atoms with Crippen LogP contribution in [0.2, 0.25) is 0 Å². The van der Waals surface area contributed by atoms with Crippen molar-refractivity contribution in [3.63, 3.8) is 0 Å². The van der Waals surface area contributed by atoms with E-state index in [4.69, 9.17) is 10.1 Å². The van der Waals surface area contributed by atoms with Gasteiger partial charge in [0, 0.05) is 41.7 Å². The van der Waals surface area contributed by atoms with Gasteiger partial charge in [0.1, 0.15) is 0 Å². The molecule has 0 atom stereocenters. The van der Waals surface area contributed by atoms with E-state index in [1.165, 1.54) is 16.3 Å². The molecule has 0 unspecified atom stereocenters. The number of imidazole rings is 1. The SMILES string of the molecule is O=C(O)CCCSc1nc2ccccc2n1Cc1cccc2ccccc12.[Na]. The van der Waals surface area contributed by atoms with Crippen LogP contribution in [0.25, 0.3) is 21.8 Å². The van der Waals surface area contributed by atoms with Gasteiger partial charge in [0.05, 0.1) is 17.6 Å². The zero-order chi connectivity index (χ0) is 18.6. The summed E-state index contributed by atoms with van der Waals surface area (Å²) in [5.74, 6) is -0.00890. The number of carbonyl (C=O) groups is 1. The van der Waals surface area contributed by atoms with Crippen LogP contribution in [0.1, 0.15) is 18.4 Å². The molecule has 137 valence electrons. The quantitative estimate of drug-likeness (QED) is 0.275. The Morgan fingerprint density at radius 2 is 1.75 bits per heavy atom. The minimum atomic E-state index is -0.750. The van der Waals surface area contributed by atoms with Crippen LogP contribution in [0.4, 0.5) is 0 Å². The molecule has 0 amide bonds. The standard InChI is InChI=1S/C22H20N2O2S.Na/c25-21(26)13-6-14-27-22-23-19-11-3-4-12-20(19)24(22)15-17-9-5-8-16-7-1-2-10-18(16)17;/h1-5,7-12H,6,13-15H2,(H,25,26);. The van der Waals surface area contributed by atoms with Crippen molar-refractivity contribution in [3.05, 3.63) is 72.3 Å². The summed E-state index contributed by atoms with van der Waals surface area (Å²) in [5, 5.41) is 12.3. The number of para-hydroxylation sites is 2. The van der Waals surface area contributed by atoms with Gasteiger partial charge in [-0.25, -0.2) is 4.98 Å². The summed E-state index contributed by atoms with van der Waals surface area (Å²) < 4.78 is 2.24. The van der Waals surface area contributed by atoms with Gasteiger partial charge in [0.25, 0.3) is 0 Å². The molecule has 1 radical (unpaired) electrons. The number of carboxylic acids is 1. The molecule has 0 spiro atoms. The van der Waals surface area contributed by atoms with Crippen LogP contribution in [-0.4, -0.2) is 55.9 Å². The molecular weight excluding hydrogens is 379 g/mol. The zero-order valence-electron chi connectivity index (χ0n) is 15.8. The van der Waals surface area contributed by atoms with E-state index in [-0.39, 0.29) is 36.0 Å². The molecule has 0 aliphatic carbocycles. The largest absolute Gasteiger partial charge is 0.481 e. The number of fused-ring (bicyclic) bond motifs is 2. The van der Waals surface area contributed by atoms with Crippen molar-refractivity contribution in [2.75, 3.05) is 5.75 Å². The summed E-state index contributed by atoms with van der Waals surface area (Å²) in [7, 11) is 0. The second-order valence-electron chi connectivity index (χ2n) is 6.45. The first-order valence-electron chi connectivity index (χ1n) is 8.99. The second kappa shape index (κ2) is 9.61. The molecule has 0 aliphatic rings. The molecular formula is C22H20N2NaO2S. The maximum Gasteiger partial charge on any atom is 0.303 e. The summed E-state index contributed by atoms with van der Waals surface area (Å²) in [5.41, 5.74) is 3.33. The fraction of sp³-hybridized carbons (Fsp3) is 0.182.